The zero-order valence-corrected chi connectivity index (χ0v) is 9.74. The summed E-state index contributed by atoms with van der Waals surface area (Å²) >= 11 is 0. The molecular weight excluding hydrogens is 216 g/mol. The van der Waals surface area contributed by atoms with E-state index in [0.29, 0.717) is 6.42 Å². The van der Waals surface area contributed by atoms with Crippen LogP contribution in [0.25, 0.3) is 0 Å². The third kappa shape index (κ3) is 2.53. The van der Waals surface area contributed by atoms with Gasteiger partial charge in [-0.05, 0) is 18.3 Å². The van der Waals surface area contributed by atoms with Gasteiger partial charge in [-0.1, -0.05) is 20.8 Å². The van der Waals surface area contributed by atoms with Crippen molar-refractivity contribution >= 4 is 0 Å². The Kier molecular flexibility index (Phi) is 5.10. The molecular formula is C10H20O6. The lowest BCUT2D eigenvalue weighted by atomic mass is 9.72. The second-order valence-corrected chi connectivity index (χ2v) is 4.82. The molecule has 0 bridgehead atoms. The summed E-state index contributed by atoms with van der Waals surface area (Å²) < 4.78 is 0. The van der Waals surface area contributed by atoms with Gasteiger partial charge in [0, 0.05) is 5.92 Å². The van der Waals surface area contributed by atoms with E-state index < -0.39 is 18.3 Å². The van der Waals surface area contributed by atoms with Crippen molar-refractivity contribution in [3.8, 4) is 0 Å². The second-order valence-electron chi connectivity index (χ2n) is 4.82. The summed E-state index contributed by atoms with van der Waals surface area (Å²) in [6.45, 7) is 5.68. The second kappa shape index (κ2) is 5.90. The average molecular weight is 236 g/mol. The summed E-state index contributed by atoms with van der Waals surface area (Å²) in [6, 6.07) is 0. The van der Waals surface area contributed by atoms with Gasteiger partial charge in [0.05, 0.1) is 6.10 Å². The van der Waals surface area contributed by atoms with Gasteiger partial charge in [0.15, 0.2) is 0 Å². The summed E-state index contributed by atoms with van der Waals surface area (Å²) in [7, 11) is 0. The van der Waals surface area contributed by atoms with Gasteiger partial charge in [-0.15, -0.1) is 0 Å². The highest BCUT2D eigenvalue weighted by atomic mass is 17.1. The fourth-order valence-corrected chi connectivity index (χ4v) is 2.63. The first-order chi connectivity index (χ1) is 7.56. The molecule has 5 unspecified atom stereocenters. The van der Waals surface area contributed by atoms with Crippen LogP contribution in [0.3, 0.4) is 0 Å². The normalized spacial score (nSPS) is 40.3. The third-order valence-electron chi connectivity index (χ3n) is 3.45. The molecule has 1 aliphatic carbocycles. The van der Waals surface area contributed by atoms with Crippen LogP contribution in [0, 0.1) is 17.8 Å². The number of rotatable bonds is 4. The zero-order chi connectivity index (χ0) is 12.3. The molecule has 0 aromatic rings. The average Bonchev–Trinajstić information content (AvgIpc) is 2.26. The van der Waals surface area contributed by atoms with Crippen molar-refractivity contribution in [2.24, 2.45) is 17.8 Å². The van der Waals surface area contributed by atoms with Gasteiger partial charge in [0.1, 0.15) is 12.2 Å². The smallest absolute Gasteiger partial charge is 0.128 e. The maximum atomic E-state index is 8.91. The zero-order valence-electron chi connectivity index (χ0n) is 9.74. The summed E-state index contributed by atoms with van der Waals surface area (Å²) in [5.74, 6) is -0.225. The molecule has 3 N–H and O–H groups in total. The van der Waals surface area contributed by atoms with Gasteiger partial charge in [-0.2, -0.15) is 0 Å². The van der Waals surface area contributed by atoms with Crippen molar-refractivity contribution in [2.45, 2.75) is 45.5 Å². The molecule has 5 atom stereocenters. The predicted molar refractivity (Wildman–Crippen MR) is 54.6 cm³/mol. The molecule has 0 radical (unpaired) electrons. The number of hydrogen-bond acceptors (Lipinski definition) is 6. The Bertz CT molecular complexity index is 209. The van der Waals surface area contributed by atoms with Crippen LogP contribution in [0.4, 0.5) is 0 Å². The van der Waals surface area contributed by atoms with Crippen molar-refractivity contribution in [1.29, 1.82) is 0 Å². The molecule has 0 aliphatic heterocycles. The van der Waals surface area contributed by atoms with Gasteiger partial charge in [0.25, 0.3) is 0 Å². The van der Waals surface area contributed by atoms with E-state index in [2.05, 4.69) is 14.7 Å². The summed E-state index contributed by atoms with van der Waals surface area (Å²) in [6.07, 6.45) is -1.24. The van der Waals surface area contributed by atoms with Crippen LogP contribution in [0.5, 0.6) is 0 Å². The molecule has 0 amide bonds. The van der Waals surface area contributed by atoms with Crippen LogP contribution in [0.15, 0.2) is 0 Å². The van der Waals surface area contributed by atoms with Crippen LogP contribution in [-0.4, -0.2) is 34.1 Å². The largest absolute Gasteiger partial charge is 0.252 e. The first kappa shape index (κ1) is 13.8. The molecule has 1 aliphatic rings. The minimum Gasteiger partial charge on any atom is -0.252 e. The van der Waals surface area contributed by atoms with E-state index in [1.165, 1.54) is 0 Å². The monoisotopic (exact) mass is 236 g/mol. The van der Waals surface area contributed by atoms with Gasteiger partial charge in [-0.25, -0.2) is 14.7 Å². The van der Waals surface area contributed by atoms with Crippen LogP contribution in [0.2, 0.25) is 0 Å². The van der Waals surface area contributed by atoms with E-state index in [4.69, 9.17) is 15.8 Å². The maximum Gasteiger partial charge on any atom is 0.128 e. The lowest BCUT2D eigenvalue weighted by molar-refractivity contribution is -0.403. The fraction of sp³-hybridized carbons (Fsp3) is 1.00. The Morgan fingerprint density at radius 3 is 1.94 bits per heavy atom. The topological polar surface area (TPSA) is 88.4 Å². The van der Waals surface area contributed by atoms with Crippen molar-refractivity contribution in [3.05, 3.63) is 0 Å². The van der Waals surface area contributed by atoms with Gasteiger partial charge < -0.3 is 0 Å². The lowest BCUT2D eigenvalue weighted by Crippen LogP contribution is -2.53. The Labute approximate surface area is 94.5 Å². The highest BCUT2D eigenvalue weighted by molar-refractivity contribution is 4.93. The molecule has 6 heteroatoms. The summed E-state index contributed by atoms with van der Waals surface area (Å²) in [4.78, 5) is 13.2. The molecule has 0 spiro atoms. The molecule has 0 aromatic heterocycles. The van der Waals surface area contributed by atoms with Gasteiger partial charge >= 0.3 is 0 Å². The molecule has 6 nitrogen and oxygen atoms in total. The van der Waals surface area contributed by atoms with E-state index in [-0.39, 0.29) is 17.8 Å². The van der Waals surface area contributed by atoms with Crippen molar-refractivity contribution in [3.63, 3.8) is 0 Å². The van der Waals surface area contributed by atoms with E-state index in [9.17, 15) is 0 Å². The van der Waals surface area contributed by atoms with Crippen molar-refractivity contribution in [1.82, 2.24) is 0 Å². The van der Waals surface area contributed by atoms with E-state index >= 15 is 0 Å². The van der Waals surface area contributed by atoms with Crippen LogP contribution in [-0.2, 0) is 14.7 Å². The standard InChI is InChI=1S/C10H20O6/c1-5(2)8-7(14-11)4-6(3)9(15-12)10(8)16-13/h5-13H,4H2,1-3H3. The van der Waals surface area contributed by atoms with Crippen LogP contribution >= 0.6 is 0 Å². The third-order valence-corrected chi connectivity index (χ3v) is 3.45. The van der Waals surface area contributed by atoms with Crippen LogP contribution in [0.1, 0.15) is 27.2 Å². The highest BCUT2D eigenvalue weighted by Crippen LogP contribution is 2.38. The predicted octanol–water partition coefficient (Wildman–Crippen LogP) is 1.87. The first-order valence-electron chi connectivity index (χ1n) is 5.47. The van der Waals surface area contributed by atoms with Crippen molar-refractivity contribution < 1.29 is 30.4 Å². The van der Waals surface area contributed by atoms with Gasteiger partial charge in [0.2, 0.25) is 0 Å². The molecule has 1 saturated carbocycles. The lowest BCUT2D eigenvalue weighted by Gasteiger charge is -2.43. The highest BCUT2D eigenvalue weighted by Gasteiger charge is 2.47. The minimum absolute atomic E-state index is 0.0886. The molecule has 1 fully saturated rings. The van der Waals surface area contributed by atoms with Gasteiger partial charge in [-0.3, -0.25) is 15.8 Å². The number of hydrogen-bond donors (Lipinski definition) is 3. The SMILES string of the molecule is CC(C)C1C(OO)CC(C)C(OO)C1OO. The van der Waals surface area contributed by atoms with E-state index in [1.54, 1.807) is 0 Å². The van der Waals surface area contributed by atoms with Crippen LogP contribution < -0.4 is 0 Å². The Morgan fingerprint density at radius 2 is 1.56 bits per heavy atom. The Morgan fingerprint density at radius 1 is 1.00 bits per heavy atom. The quantitative estimate of drug-likeness (QED) is 0.510. The Hall–Kier alpha value is -0.240. The summed E-state index contributed by atoms with van der Waals surface area (Å²) in [5, 5.41) is 26.6. The first-order valence-corrected chi connectivity index (χ1v) is 5.47. The maximum absolute atomic E-state index is 8.91. The van der Waals surface area contributed by atoms with Crippen molar-refractivity contribution in [2.75, 3.05) is 0 Å². The molecule has 96 valence electrons. The molecule has 0 aromatic carbocycles. The van der Waals surface area contributed by atoms with E-state index in [0.717, 1.165) is 0 Å². The molecule has 1 rings (SSSR count). The molecule has 0 saturated heterocycles. The van der Waals surface area contributed by atoms with E-state index in [1.807, 2.05) is 20.8 Å². The minimum atomic E-state index is -0.717. The fourth-order valence-electron chi connectivity index (χ4n) is 2.63. The Balaban J connectivity index is 2.90. The molecule has 0 heterocycles. The molecule has 16 heavy (non-hydrogen) atoms. The summed E-state index contributed by atoms with van der Waals surface area (Å²) in [5.41, 5.74) is 0.